The fraction of sp³-hybridized carbons (Fsp3) is 0.467. The minimum absolute atomic E-state index is 0.163. The summed E-state index contributed by atoms with van der Waals surface area (Å²) in [6.45, 7) is 4.42. The number of rotatable bonds is 2. The van der Waals surface area contributed by atoms with Crippen LogP contribution in [0.4, 0.5) is 14.5 Å². The molecule has 130 valence electrons. The van der Waals surface area contributed by atoms with Gasteiger partial charge in [-0.3, -0.25) is 9.78 Å². The SMILES string of the molecule is CC.O=c1[nH]cc(-c2cc(N3CCC(F)(F)CC3)cnn2)c(=O)[nH]1. The van der Waals surface area contributed by atoms with Gasteiger partial charge in [-0.25, -0.2) is 13.6 Å². The monoisotopic (exact) mass is 339 g/mol. The first-order valence-corrected chi connectivity index (χ1v) is 7.72. The summed E-state index contributed by atoms with van der Waals surface area (Å²) in [6.07, 6.45) is 2.28. The molecule has 0 spiro atoms. The van der Waals surface area contributed by atoms with Gasteiger partial charge in [-0.05, 0) is 6.07 Å². The second kappa shape index (κ2) is 7.33. The minimum atomic E-state index is -2.63. The van der Waals surface area contributed by atoms with Crippen molar-refractivity contribution >= 4 is 5.69 Å². The highest BCUT2D eigenvalue weighted by molar-refractivity contribution is 5.61. The molecule has 2 aromatic rings. The number of aromatic amines is 2. The van der Waals surface area contributed by atoms with Gasteiger partial charge in [0.2, 0.25) is 0 Å². The zero-order chi connectivity index (χ0) is 17.7. The van der Waals surface area contributed by atoms with E-state index in [1.54, 1.807) is 11.0 Å². The van der Waals surface area contributed by atoms with Crippen LogP contribution in [0, 0.1) is 0 Å². The molecular weight excluding hydrogens is 320 g/mol. The van der Waals surface area contributed by atoms with Gasteiger partial charge < -0.3 is 9.88 Å². The number of alkyl halides is 2. The molecule has 0 unspecified atom stereocenters. The molecule has 1 fully saturated rings. The molecule has 3 rings (SSSR count). The van der Waals surface area contributed by atoms with Crippen molar-refractivity contribution in [3.05, 3.63) is 39.3 Å². The summed E-state index contributed by atoms with van der Waals surface area (Å²) in [5.41, 5.74) is -0.147. The van der Waals surface area contributed by atoms with Gasteiger partial charge in [-0.15, -0.1) is 0 Å². The fourth-order valence-electron chi connectivity index (χ4n) is 2.35. The summed E-state index contributed by atoms with van der Waals surface area (Å²) >= 11 is 0. The zero-order valence-electron chi connectivity index (χ0n) is 13.5. The first-order chi connectivity index (χ1) is 11.4. The van der Waals surface area contributed by atoms with Crippen LogP contribution in [0.5, 0.6) is 0 Å². The summed E-state index contributed by atoms with van der Waals surface area (Å²) in [4.78, 5) is 29.0. The number of H-pyrrole nitrogens is 2. The molecule has 24 heavy (non-hydrogen) atoms. The van der Waals surface area contributed by atoms with E-state index in [4.69, 9.17) is 0 Å². The first-order valence-electron chi connectivity index (χ1n) is 7.72. The van der Waals surface area contributed by atoms with Gasteiger partial charge in [0.1, 0.15) is 5.69 Å². The van der Waals surface area contributed by atoms with E-state index in [9.17, 15) is 18.4 Å². The van der Waals surface area contributed by atoms with Crippen molar-refractivity contribution in [3.8, 4) is 11.3 Å². The van der Waals surface area contributed by atoms with E-state index in [1.165, 1.54) is 12.4 Å². The van der Waals surface area contributed by atoms with Crippen molar-refractivity contribution in [1.82, 2.24) is 20.2 Å². The van der Waals surface area contributed by atoms with Crippen LogP contribution in [0.1, 0.15) is 26.7 Å². The smallest absolute Gasteiger partial charge is 0.325 e. The number of hydrogen-bond acceptors (Lipinski definition) is 5. The summed E-state index contributed by atoms with van der Waals surface area (Å²) in [6, 6.07) is 1.60. The maximum atomic E-state index is 13.2. The highest BCUT2D eigenvalue weighted by Crippen LogP contribution is 2.30. The lowest BCUT2D eigenvalue weighted by Crippen LogP contribution is -2.39. The van der Waals surface area contributed by atoms with Crippen molar-refractivity contribution in [2.45, 2.75) is 32.6 Å². The van der Waals surface area contributed by atoms with Gasteiger partial charge in [-0.2, -0.15) is 10.2 Å². The number of piperidine rings is 1. The standard InChI is InChI=1S/C13H13F2N5O2.C2H6/c14-13(15)1-3-20(4-2-13)8-5-10(19-17-6-8)9-7-16-12(22)18-11(9)21;1-2/h5-7H,1-4H2,(H2,16,18,21,22);1-2H3. The second-order valence-electron chi connectivity index (χ2n) is 5.13. The quantitative estimate of drug-likeness (QED) is 0.870. The van der Waals surface area contributed by atoms with E-state index < -0.39 is 17.2 Å². The number of anilines is 1. The molecule has 0 bridgehead atoms. The van der Waals surface area contributed by atoms with Gasteiger partial charge >= 0.3 is 5.69 Å². The van der Waals surface area contributed by atoms with E-state index in [0.717, 1.165) is 0 Å². The topological polar surface area (TPSA) is 94.7 Å². The van der Waals surface area contributed by atoms with Gasteiger partial charge in [0.05, 0.1) is 17.4 Å². The van der Waals surface area contributed by atoms with Crippen LogP contribution in [0.2, 0.25) is 0 Å². The van der Waals surface area contributed by atoms with E-state index in [1.807, 2.05) is 13.8 Å². The maximum absolute atomic E-state index is 13.2. The Balaban J connectivity index is 0.00000100. The molecule has 0 saturated carbocycles. The zero-order valence-corrected chi connectivity index (χ0v) is 13.5. The largest absolute Gasteiger partial charge is 0.370 e. The third-order valence-corrected chi connectivity index (χ3v) is 3.60. The lowest BCUT2D eigenvalue weighted by molar-refractivity contribution is -0.0220. The molecule has 1 aliphatic rings. The Bertz CT molecular complexity index is 793. The van der Waals surface area contributed by atoms with Crippen LogP contribution < -0.4 is 16.1 Å². The molecule has 0 radical (unpaired) electrons. The minimum Gasteiger partial charge on any atom is -0.370 e. The average Bonchev–Trinajstić information content (AvgIpc) is 2.57. The lowest BCUT2D eigenvalue weighted by atomic mass is 10.1. The van der Waals surface area contributed by atoms with Gasteiger partial charge in [0, 0.05) is 32.1 Å². The van der Waals surface area contributed by atoms with Crippen molar-refractivity contribution in [1.29, 1.82) is 0 Å². The van der Waals surface area contributed by atoms with Crippen LogP contribution in [-0.2, 0) is 0 Å². The molecule has 2 aromatic heterocycles. The van der Waals surface area contributed by atoms with E-state index in [-0.39, 0.29) is 37.2 Å². The Morgan fingerprint density at radius 1 is 1.21 bits per heavy atom. The molecule has 1 aliphatic heterocycles. The normalized spacial score (nSPS) is 16.2. The highest BCUT2D eigenvalue weighted by atomic mass is 19.3. The maximum Gasteiger partial charge on any atom is 0.325 e. The number of aromatic nitrogens is 4. The molecular formula is C15H19F2N5O2. The summed E-state index contributed by atoms with van der Waals surface area (Å²) in [7, 11) is 0. The van der Waals surface area contributed by atoms with Gasteiger partial charge in [-0.1, -0.05) is 13.8 Å². The molecule has 3 heterocycles. The second-order valence-corrected chi connectivity index (χ2v) is 5.13. The van der Waals surface area contributed by atoms with E-state index in [0.29, 0.717) is 5.69 Å². The third kappa shape index (κ3) is 4.03. The Labute approximate surface area is 136 Å². The molecule has 0 aromatic carbocycles. The molecule has 0 aliphatic carbocycles. The average molecular weight is 339 g/mol. The van der Waals surface area contributed by atoms with Crippen molar-refractivity contribution in [2.24, 2.45) is 0 Å². The van der Waals surface area contributed by atoms with Crippen LogP contribution in [0.15, 0.2) is 28.0 Å². The number of hydrogen-bond donors (Lipinski definition) is 2. The molecule has 7 nitrogen and oxygen atoms in total. The highest BCUT2D eigenvalue weighted by Gasteiger charge is 2.34. The third-order valence-electron chi connectivity index (χ3n) is 3.60. The molecule has 2 N–H and O–H groups in total. The van der Waals surface area contributed by atoms with Crippen LogP contribution in [0.3, 0.4) is 0 Å². The number of nitrogens with one attached hydrogen (secondary N) is 2. The van der Waals surface area contributed by atoms with Crippen molar-refractivity contribution < 1.29 is 8.78 Å². The molecule has 0 amide bonds. The fourth-order valence-corrected chi connectivity index (χ4v) is 2.35. The number of nitrogens with zero attached hydrogens (tertiary/aromatic N) is 3. The Morgan fingerprint density at radius 3 is 2.50 bits per heavy atom. The van der Waals surface area contributed by atoms with Gasteiger partial charge in [0.25, 0.3) is 11.5 Å². The van der Waals surface area contributed by atoms with Crippen molar-refractivity contribution in [3.63, 3.8) is 0 Å². The lowest BCUT2D eigenvalue weighted by Gasteiger charge is -2.33. The van der Waals surface area contributed by atoms with E-state index >= 15 is 0 Å². The predicted molar refractivity (Wildman–Crippen MR) is 86.5 cm³/mol. The Morgan fingerprint density at radius 2 is 1.88 bits per heavy atom. The van der Waals surface area contributed by atoms with Crippen molar-refractivity contribution in [2.75, 3.05) is 18.0 Å². The van der Waals surface area contributed by atoms with Crippen LogP contribution in [0.25, 0.3) is 11.3 Å². The molecule has 9 heteroatoms. The molecule has 0 atom stereocenters. The van der Waals surface area contributed by atoms with Gasteiger partial charge in [0.15, 0.2) is 0 Å². The first kappa shape index (κ1) is 17.8. The van der Waals surface area contributed by atoms with Crippen LogP contribution in [-0.4, -0.2) is 39.2 Å². The van der Waals surface area contributed by atoms with E-state index in [2.05, 4.69) is 20.2 Å². The number of halogens is 2. The predicted octanol–water partition coefficient (Wildman–Crippen LogP) is 1.78. The summed E-state index contributed by atoms with van der Waals surface area (Å²) < 4.78 is 26.4. The Hall–Kier alpha value is -2.58. The molecule has 1 saturated heterocycles. The van der Waals surface area contributed by atoms with Crippen LogP contribution >= 0.6 is 0 Å². The Kier molecular flexibility index (Phi) is 5.42. The summed E-state index contributed by atoms with van der Waals surface area (Å²) in [5.74, 6) is -2.63. The summed E-state index contributed by atoms with van der Waals surface area (Å²) in [5, 5.41) is 7.67.